The van der Waals surface area contributed by atoms with Crippen molar-refractivity contribution in [2.24, 2.45) is 0 Å². The van der Waals surface area contributed by atoms with E-state index in [1.807, 2.05) is 0 Å². The van der Waals surface area contributed by atoms with Gasteiger partial charge in [-0.2, -0.15) is 0 Å². The summed E-state index contributed by atoms with van der Waals surface area (Å²) in [7, 11) is 0. The zero-order chi connectivity index (χ0) is 11.9. The van der Waals surface area contributed by atoms with Crippen molar-refractivity contribution in [2.45, 2.75) is 71.1 Å². The minimum Gasteiger partial charge on any atom is -0.316 e. The van der Waals surface area contributed by atoms with Crippen LogP contribution in [0.5, 0.6) is 0 Å². The molecule has 1 nitrogen and oxygen atoms in total. The molecule has 16 heavy (non-hydrogen) atoms. The summed E-state index contributed by atoms with van der Waals surface area (Å²) in [5, 5.41) is 3.45. The molecule has 0 saturated heterocycles. The van der Waals surface area contributed by atoms with Crippen LogP contribution in [0, 0.1) is 0 Å². The smallest absolute Gasteiger partial charge is 0.0121 e. The van der Waals surface area contributed by atoms with Gasteiger partial charge in [0.15, 0.2) is 0 Å². The first-order valence-electron chi connectivity index (χ1n) is 7.18. The van der Waals surface area contributed by atoms with Crippen molar-refractivity contribution in [3.8, 4) is 0 Å². The third-order valence-corrected chi connectivity index (χ3v) is 3.52. The summed E-state index contributed by atoms with van der Waals surface area (Å²) < 4.78 is 1.23. The number of hydrogen-bond acceptors (Lipinski definition) is 1. The Morgan fingerprint density at radius 3 is 1.69 bits per heavy atom. The molecular weight excluding hydrogens is 309 g/mol. The van der Waals surface area contributed by atoms with Gasteiger partial charge in [0.05, 0.1) is 0 Å². The highest BCUT2D eigenvalue weighted by molar-refractivity contribution is 14.1. The summed E-state index contributed by atoms with van der Waals surface area (Å²) in [4.78, 5) is 0. The normalized spacial score (nSPS) is 10.9. The number of nitrogens with one attached hydrogen (secondary N) is 1. The second kappa shape index (κ2) is 15.7. The van der Waals surface area contributed by atoms with Crippen LogP contribution >= 0.6 is 22.6 Å². The molecule has 0 aliphatic rings. The summed E-state index contributed by atoms with van der Waals surface area (Å²) >= 11 is 2.42. The van der Waals surface area contributed by atoms with Crippen LogP contribution in [0.2, 0.25) is 0 Å². The topological polar surface area (TPSA) is 12.0 Å². The van der Waals surface area contributed by atoms with Gasteiger partial charge < -0.3 is 5.32 Å². The lowest BCUT2D eigenvalue weighted by molar-refractivity contribution is 0.547. The zero-order valence-corrected chi connectivity index (χ0v) is 13.2. The molecule has 0 rings (SSSR count). The standard InChI is InChI=1S/C14H30IN/c1-2-3-4-5-6-7-8-9-10-11-13-16-14-12-15/h16H,2-14H2,1H3. The summed E-state index contributed by atoms with van der Waals surface area (Å²) in [5.41, 5.74) is 0. The largest absolute Gasteiger partial charge is 0.316 e. The Hall–Kier alpha value is 0.690. The van der Waals surface area contributed by atoms with Crippen LogP contribution in [0.4, 0.5) is 0 Å². The van der Waals surface area contributed by atoms with Crippen LogP contribution in [0.25, 0.3) is 0 Å². The van der Waals surface area contributed by atoms with Crippen LogP contribution in [0.1, 0.15) is 71.1 Å². The van der Waals surface area contributed by atoms with E-state index in [0.29, 0.717) is 0 Å². The van der Waals surface area contributed by atoms with Gasteiger partial charge >= 0.3 is 0 Å². The van der Waals surface area contributed by atoms with Crippen molar-refractivity contribution in [3.05, 3.63) is 0 Å². The molecule has 0 saturated carbocycles. The average molecular weight is 339 g/mol. The number of rotatable bonds is 13. The first kappa shape index (κ1) is 16.7. The number of alkyl halides is 1. The third kappa shape index (κ3) is 14.7. The second-order valence-electron chi connectivity index (χ2n) is 4.62. The fourth-order valence-electron chi connectivity index (χ4n) is 1.93. The molecule has 0 radical (unpaired) electrons. The van der Waals surface area contributed by atoms with Crippen molar-refractivity contribution >= 4 is 22.6 Å². The quantitative estimate of drug-likeness (QED) is 0.285. The average Bonchev–Trinajstić information content (AvgIpc) is 2.31. The van der Waals surface area contributed by atoms with Gasteiger partial charge in [0.1, 0.15) is 0 Å². The van der Waals surface area contributed by atoms with Gasteiger partial charge in [-0.3, -0.25) is 0 Å². The van der Waals surface area contributed by atoms with E-state index in [0.717, 1.165) is 0 Å². The molecule has 0 aromatic carbocycles. The van der Waals surface area contributed by atoms with E-state index in [1.165, 1.54) is 81.7 Å². The Morgan fingerprint density at radius 2 is 1.19 bits per heavy atom. The third-order valence-electron chi connectivity index (χ3n) is 2.98. The Bertz CT molecular complexity index is 103. The van der Waals surface area contributed by atoms with Gasteiger partial charge in [0, 0.05) is 11.0 Å². The first-order chi connectivity index (χ1) is 7.91. The molecule has 98 valence electrons. The Balaban J connectivity index is 2.83. The molecule has 0 aliphatic carbocycles. The van der Waals surface area contributed by atoms with E-state index >= 15 is 0 Å². The fraction of sp³-hybridized carbons (Fsp3) is 1.00. The minimum absolute atomic E-state index is 1.18. The van der Waals surface area contributed by atoms with Crippen LogP contribution in [-0.2, 0) is 0 Å². The van der Waals surface area contributed by atoms with Crippen molar-refractivity contribution in [1.29, 1.82) is 0 Å². The molecule has 2 heteroatoms. The van der Waals surface area contributed by atoms with Gasteiger partial charge in [-0.15, -0.1) is 0 Å². The molecule has 0 spiro atoms. The van der Waals surface area contributed by atoms with E-state index in [2.05, 4.69) is 34.8 Å². The monoisotopic (exact) mass is 339 g/mol. The van der Waals surface area contributed by atoms with Crippen molar-refractivity contribution in [2.75, 3.05) is 17.5 Å². The first-order valence-corrected chi connectivity index (χ1v) is 8.71. The second-order valence-corrected chi connectivity index (χ2v) is 5.70. The Kier molecular flexibility index (Phi) is 16.4. The lowest BCUT2D eigenvalue weighted by Gasteiger charge is -2.03. The summed E-state index contributed by atoms with van der Waals surface area (Å²) in [5.74, 6) is 0. The highest BCUT2D eigenvalue weighted by Gasteiger charge is 1.92. The van der Waals surface area contributed by atoms with Crippen LogP contribution < -0.4 is 5.32 Å². The molecule has 0 bridgehead atoms. The molecular formula is C14H30IN. The van der Waals surface area contributed by atoms with E-state index in [9.17, 15) is 0 Å². The van der Waals surface area contributed by atoms with Crippen LogP contribution in [-0.4, -0.2) is 17.5 Å². The van der Waals surface area contributed by atoms with Crippen molar-refractivity contribution in [3.63, 3.8) is 0 Å². The summed E-state index contributed by atoms with van der Waals surface area (Å²) in [6.45, 7) is 4.68. The molecule has 1 N–H and O–H groups in total. The fourth-order valence-corrected chi connectivity index (χ4v) is 2.31. The van der Waals surface area contributed by atoms with E-state index in [-0.39, 0.29) is 0 Å². The Morgan fingerprint density at radius 1 is 0.688 bits per heavy atom. The maximum absolute atomic E-state index is 3.45. The van der Waals surface area contributed by atoms with Gasteiger partial charge in [-0.25, -0.2) is 0 Å². The number of halogens is 1. The molecule has 0 heterocycles. The molecule has 0 aliphatic heterocycles. The highest BCUT2D eigenvalue weighted by atomic mass is 127. The molecule has 0 aromatic rings. The zero-order valence-electron chi connectivity index (χ0n) is 11.1. The van der Waals surface area contributed by atoms with Gasteiger partial charge in [-0.05, 0) is 13.0 Å². The van der Waals surface area contributed by atoms with Gasteiger partial charge in [0.25, 0.3) is 0 Å². The maximum atomic E-state index is 3.45. The van der Waals surface area contributed by atoms with Gasteiger partial charge in [-0.1, -0.05) is 87.3 Å². The van der Waals surface area contributed by atoms with Crippen molar-refractivity contribution < 1.29 is 0 Å². The predicted molar refractivity (Wildman–Crippen MR) is 83.6 cm³/mol. The van der Waals surface area contributed by atoms with Crippen LogP contribution in [0.3, 0.4) is 0 Å². The highest BCUT2D eigenvalue weighted by Crippen LogP contribution is 2.10. The SMILES string of the molecule is CCCCCCCCCCCCNCCI. The summed E-state index contributed by atoms with van der Waals surface area (Å²) in [6, 6.07) is 0. The molecule has 0 fully saturated rings. The number of hydrogen-bond donors (Lipinski definition) is 1. The van der Waals surface area contributed by atoms with Gasteiger partial charge in [0.2, 0.25) is 0 Å². The molecule has 0 unspecified atom stereocenters. The van der Waals surface area contributed by atoms with Crippen molar-refractivity contribution in [1.82, 2.24) is 5.32 Å². The number of unbranched alkanes of at least 4 members (excludes halogenated alkanes) is 9. The van der Waals surface area contributed by atoms with Crippen LogP contribution in [0.15, 0.2) is 0 Å². The summed E-state index contributed by atoms with van der Waals surface area (Å²) in [6.07, 6.45) is 14.3. The van der Waals surface area contributed by atoms with E-state index in [1.54, 1.807) is 0 Å². The lowest BCUT2D eigenvalue weighted by Crippen LogP contribution is -2.17. The Labute approximate surface area is 116 Å². The molecule has 0 amide bonds. The van der Waals surface area contributed by atoms with E-state index < -0.39 is 0 Å². The molecule has 0 atom stereocenters. The van der Waals surface area contributed by atoms with E-state index in [4.69, 9.17) is 0 Å². The minimum atomic E-state index is 1.18. The lowest BCUT2D eigenvalue weighted by atomic mass is 10.1. The maximum Gasteiger partial charge on any atom is 0.0121 e. The molecule has 0 aromatic heterocycles. The predicted octanol–water partition coefficient (Wildman–Crippen LogP) is 4.93.